The number of ether oxygens (including phenoxy) is 1. The van der Waals surface area contributed by atoms with Crippen LogP contribution in [0.5, 0.6) is 5.75 Å². The van der Waals surface area contributed by atoms with Crippen molar-refractivity contribution in [3.05, 3.63) is 71.6 Å². The number of methoxy groups -OCH3 is 1. The summed E-state index contributed by atoms with van der Waals surface area (Å²) in [5.74, 6) is 1.93. The molecule has 1 aliphatic heterocycles. The van der Waals surface area contributed by atoms with Crippen LogP contribution >= 0.6 is 0 Å². The second-order valence-corrected chi connectivity index (χ2v) is 8.32. The normalized spacial score (nSPS) is 16.9. The van der Waals surface area contributed by atoms with E-state index in [4.69, 9.17) is 9.72 Å². The molecule has 0 saturated carbocycles. The van der Waals surface area contributed by atoms with Gasteiger partial charge in [-0.2, -0.15) is 0 Å². The maximum atomic E-state index is 5.74. The standard InChI is InChI=1S/C26H32N4O/c1-4-8-24-28-17-22(20-12-14-27-15-13-20)25(29-24)23-11-5-6-16-30(23)18-21-10-7-9-19(2)26(21)31-3/h7,9-10,12-15,17,23H,4-6,8,11,16,18H2,1-3H3/t23-/m0/s1. The Morgan fingerprint density at radius 2 is 1.97 bits per heavy atom. The van der Waals surface area contributed by atoms with E-state index in [9.17, 15) is 0 Å². The first-order chi connectivity index (χ1) is 15.2. The Hall–Kier alpha value is -2.79. The minimum Gasteiger partial charge on any atom is -0.496 e. The lowest BCUT2D eigenvalue weighted by atomic mass is 9.93. The first-order valence-corrected chi connectivity index (χ1v) is 11.3. The predicted octanol–water partition coefficient (Wildman–Crippen LogP) is 5.54. The molecule has 5 nitrogen and oxygen atoms in total. The van der Waals surface area contributed by atoms with Crippen LogP contribution in [-0.4, -0.2) is 33.5 Å². The van der Waals surface area contributed by atoms with Crippen molar-refractivity contribution >= 4 is 0 Å². The number of aryl methyl sites for hydroxylation is 2. The van der Waals surface area contributed by atoms with Gasteiger partial charge in [0.1, 0.15) is 11.6 Å². The van der Waals surface area contributed by atoms with E-state index >= 15 is 0 Å². The minimum absolute atomic E-state index is 0.265. The lowest BCUT2D eigenvalue weighted by molar-refractivity contribution is 0.136. The highest BCUT2D eigenvalue weighted by Gasteiger charge is 2.29. The molecule has 0 spiro atoms. The zero-order chi connectivity index (χ0) is 21.6. The van der Waals surface area contributed by atoms with Gasteiger partial charge in [-0.3, -0.25) is 9.88 Å². The van der Waals surface area contributed by atoms with Crippen molar-refractivity contribution in [3.8, 4) is 16.9 Å². The number of benzene rings is 1. The maximum Gasteiger partial charge on any atom is 0.128 e. The van der Waals surface area contributed by atoms with Crippen molar-refractivity contribution < 1.29 is 4.74 Å². The summed E-state index contributed by atoms with van der Waals surface area (Å²) in [4.78, 5) is 16.6. The molecular weight excluding hydrogens is 384 g/mol. The largest absolute Gasteiger partial charge is 0.496 e. The van der Waals surface area contributed by atoms with Gasteiger partial charge >= 0.3 is 0 Å². The smallest absolute Gasteiger partial charge is 0.128 e. The van der Waals surface area contributed by atoms with E-state index in [1.54, 1.807) is 7.11 Å². The fourth-order valence-electron chi connectivity index (χ4n) is 4.62. The molecule has 1 saturated heterocycles. The molecule has 2 aromatic heterocycles. The zero-order valence-corrected chi connectivity index (χ0v) is 18.8. The molecule has 4 rings (SSSR count). The Labute approximate surface area is 185 Å². The van der Waals surface area contributed by atoms with Crippen LogP contribution in [0.15, 0.2) is 48.9 Å². The van der Waals surface area contributed by atoms with Crippen LogP contribution in [0.25, 0.3) is 11.1 Å². The molecule has 0 bridgehead atoms. The van der Waals surface area contributed by atoms with Gasteiger partial charge in [-0.25, -0.2) is 9.97 Å². The van der Waals surface area contributed by atoms with Crippen LogP contribution in [-0.2, 0) is 13.0 Å². The van der Waals surface area contributed by atoms with Gasteiger partial charge in [0.2, 0.25) is 0 Å². The fraction of sp³-hybridized carbons (Fsp3) is 0.423. The molecule has 0 unspecified atom stereocenters. The molecule has 0 aliphatic carbocycles. The van der Waals surface area contributed by atoms with Gasteiger partial charge in [0, 0.05) is 42.7 Å². The van der Waals surface area contributed by atoms with Crippen molar-refractivity contribution in [2.75, 3.05) is 13.7 Å². The Morgan fingerprint density at radius 3 is 2.74 bits per heavy atom. The van der Waals surface area contributed by atoms with Crippen molar-refractivity contribution in [1.82, 2.24) is 19.9 Å². The average Bonchev–Trinajstić information content (AvgIpc) is 2.80. The average molecular weight is 417 g/mol. The monoisotopic (exact) mass is 416 g/mol. The molecule has 0 radical (unpaired) electrons. The molecule has 1 atom stereocenters. The molecular formula is C26H32N4O. The number of hydrogen-bond acceptors (Lipinski definition) is 5. The van der Waals surface area contributed by atoms with Crippen molar-refractivity contribution in [3.63, 3.8) is 0 Å². The Kier molecular flexibility index (Phi) is 6.92. The van der Waals surface area contributed by atoms with Gasteiger partial charge < -0.3 is 4.74 Å². The third-order valence-corrected chi connectivity index (χ3v) is 6.13. The Bertz CT molecular complexity index is 1010. The van der Waals surface area contributed by atoms with E-state index < -0.39 is 0 Å². The summed E-state index contributed by atoms with van der Waals surface area (Å²) in [6.07, 6.45) is 11.2. The molecule has 31 heavy (non-hydrogen) atoms. The summed E-state index contributed by atoms with van der Waals surface area (Å²) in [5, 5.41) is 0. The molecule has 1 fully saturated rings. The highest BCUT2D eigenvalue weighted by atomic mass is 16.5. The number of aromatic nitrogens is 3. The summed E-state index contributed by atoms with van der Waals surface area (Å²) < 4.78 is 5.74. The predicted molar refractivity (Wildman–Crippen MR) is 124 cm³/mol. The molecule has 3 heterocycles. The fourth-order valence-corrected chi connectivity index (χ4v) is 4.62. The highest BCUT2D eigenvalue weighted by molar-refractivity contribution is 5.65. The minimum atomic E-state index is 0.265. The lowest BCUT2D eigenvalue weighted by Gasteiger charge is -2.36. The summed E-state index contributed by atoms with van der Waals surface area (Å²) in [5.41, 5.74) is 5.82. The quantitative estimate of drug-likeness (QED) is 0.506. The van der Waals surface area contributed by atoms with E-state index in [1.165, 1.54) is 24.0 Å². The second kappa shape index (κ2) is 10.0. The van der Waals surface area contributed by atoms with Crippen LogP contribution in [0.2, 0.25) is 0 Å². The van der Waals surface area contributed by atoms with Gasteiger partial charge in [-0.1, -0.05) is 31.5 Å². The summed E-state index contributed by atoms with van der Waals surface area (Å²) in [6.45, 7) is 6.21. The number of piperidine rings is 1. The first kappa shape index (κ1) is 21.4. The number of likely N-dealkylation sites (tertiary alicyclic amines) is 1. The summed E-state index contributed by atoms with van der Waals surface area (Å²) >= 11 is 0. The van der Waals surface area contributed by atoms with E-state index in [2.05, 4.69) is 59.0 Å². The Morgan fingerprint density at radius 1 is 1.13 bits per heavy atom. The van der Waals surface area contributed by atoms with Crippen molar-refractivity contribution in [2.24, 2.45) is 0 Å². The highest BCUT2D eigenvalue weighted by Crippen LogP contribution is 2.37. The number of nitrogens with zero attached hydrogens (tertiary/aromatic N) is 4. The first-order valence-electron chi connectivity index (χ1n) is 11.3. The Balaban J connectivity index is 1.74. The van der Waals surface area contributed by atoms with Gasteiger partial charge in [-0.15, -0.1) is 0 Å². The van der Waals surface area contributed by atoms with Crippen molar-refractivity contribution in [1.29, 1.82) is 0 Å². The number of pyridine rings is 1. The van der Waals surface area contributed by atoms with Gasteiger partial charge in [0.05, 0.1) is 18.8 Å². The molecule has 0 amide bonds. The summed E-state index contributed by atoms with van der Waals surface area (Å²) in [7, 11) is 1.77. The third kappa shape index (κ3) is 4.77. The SMILES string of the molecule is CCCc1ncc(-c2ccncc2)c([C@@H]2CCCCN2Cc2cccc(C)c2OC)n1. The maximum absolute atomic E-state index is 5.74. The summed E-state index contributed by atoms with van der Waals surface area (Å²) in [6, 6.07) is 10.8. The van der Waals surface area contributed by atoms with Gasteiger partial charge in [0.25, 0.3) is 0 Å². The second-order valence-electron chi connectivity index (χ2n) is 8.32. The van der Waals surface area contributed by atoms with Crippen LogP contribution < -0.4 is 4.74 Å². The topological polar surface area (TPSA) is 51.1 Å². The number of para-hydroxylation sites is 1. The number of rotatable bonds is 7. The molecule has 1 aromatic carbocycles. The molecule has 5 heteroatoms. The van der Waals surface area contributed by atoms with Crippen LogP contribution in [0.3, 0.4) is 0 Å². The zero-order valence-electron chi connectivity index (χ0n) is 18.8. The number of hydrogen-bond donors (Lipinski definition) is 0. The van der Waals surface area contributed by atoms with Crippen molar-refractivity contribution in [2.45, 2.75) is 58.5 Å². The van der Waals surface area contributed by atoms with E-state index in [0.717, 1.165) is 60.7 Å². The molecule has 1 aliphatic rings. The lowest BCUT2D eigenvalue weighted by Crippen LogP contribution is -2.34. The molecule has 3 aromatic rings. The van der Waals surface area contributed by atoms with Crippen LogP contribution in [0, 0.1) is 6.92 Å². The molecule has 0 N–H and O–H groups in total. The van der Waals surface area contributed by atoms with Crippen LogP contribution in [0.4, 0.5) is 0 Å². The molecule has 162 valence electrons. The van der Waals surface area contributed by atoms with Gasteiger partial charge in [-0.05, 0) is 56.0 Å². The van der Waals surface area contributed by atoms with Crippen LogP contribution in [0.1, 0.15) is 61.3 Å². The third-order valence-electron chi connectivity index (χ3n) is 6.13. The van der Waals surface area contributed by atoms with Gasteiger partial charge in [0.15, 0.2) is 0 Å². The van der Waals surface area contributed by atoms with E-state index in [1.807, 2.05) is 18.6 Å². The van der Waals surface area contributed by atoms with E-state index in [-0.39, 0.29) is 6.04 Å². The van der Waals surface area contributed by atoms with E-state index in [0.29, 0.717) is 0 Å².